The van der Waals surface area contributed by atoms with E-state index in [0.29, 0.717) is 16.2 Å². The van der Waals surface area contributed by atoms with Gasteiger partial charge in [-0.05, 0) is 53.5 Å². The van der Waals surface area contributed by atoms with E-state index in [9.17, 15) is 14.9 Å². The molecule has 110 valence electrons. The van der Waals surface area contributed by atoms with Gasteiger partial charge in [0.1, 0.15) is 5.75 Å². The Morgan fingerprint density at radius 1 is 1.33 bits per heavy atom. The SMILES string of the molecule is Cc1ccc([N+](=O)[O-])c(C)c1OCC(=O)c1ccc(Br)s1. The first-order chi connectivity index (χ1) is 9.90. The molecule has 2 aromatic rings. The largest absolute Gasteiger partial charge is 0.485 e. The molecule has 0 aliphatic rings. The fraction of sp³-hybridized carbons (Fsp3) is 0.214. The molecule has 0 aliphatic heterocycles. The molecule has 2 rings (SSSR count). The molecule has 0 bridgehead atoms. The van der Waals surface area contributed by atoms with Crippen LogP contribution in [0.1, 0.15) is 20.8 Å². The lowest BCUT2D eigenvalue weighted by Crippen LogP contribution is -2.12. The Labute approximate surface area is 133 Å². The summed E-state index contributed by atoms with van der Waals surface area (Å²) in [5.74, 6) is 0.240. The molecule has 21 heavy (non-hydrogen) atoms. The van der Waals surface area contributed by atoms with Crippen molar-refractivity contribution in [1.29, 1.82) is 0 Å². The van der Waals surface area contributed by atoms with Crippen LogP contribution in [-0.2, 0) is 0 Å². The highest BCUT2D eigenvalue weighted by molar-refractivity contribution is 9.11. The number of ketones is 1. The minimum atomic E-state index is -0.458. The minimum absolute atomic E-state index is 0.0121. The van der Waals surface area contributed by atoms with Gasteiger partial charge < -0.3 is 4.74 Å². The predicted molar refractivity (Wildman–Crippen MR) is 84.4 cm³/mol. The lowest BCUT2D eigenvalue weighted by atomic mass is 10.1. The maximum Gasteiger partial charge on any atom is 0.276 e. The third-order valence-electron chi connectivity index (χ3n) is 2.97. The molecule has 1 aromatic heterocycles. The van der Waals surface area contributed by atoms with Crippen molar-refractivity contribution < 1.29 is 14.5 Å². The van der Waals surface area contributed by atoms with E-state index in [1.54, 1.807) is 32.0 Å². The third kappa shape index (κ3) is 3.48. The van der Waals surface area contributed by atoms with Crippen LogP contribution in [0.15, 0.2) is 28.1 Å². The van der Waals surface area contributed by atoms with Crippen molar-refractivity contribution in [3.05, 3.63) is 54.2 Å². The summed E-state index contributed by atoms with van der Waals surface area (Å²) in [7, 11) is 0. The minimum Gasteiger partial charge on any atom is -0.485 e. The first-order valence-electron chi connectivity index (χ1n) is 6.06. The zero-order valence-corrected chi connectivity index (χ0v) is 13.8. The first kappa shape index (κ1) is 15.7. The van der Waals surface area contributed by atoms with Gasteiger partial charge in [-0.1, -0.05) is 0 Å². The van der Waals surface area contributed by atoms with E-state index >= 15 is 0 Å². The Morgan fingerprint density at radius 2 is 2.05 bits per heavy atom. The topological polar surface area (TPSA) is 69.4 Å². The Bertz CT molecular complexity index is 711. The second kappa shape index (κ2) is 6.36. The van der Waals surface area contributed by atoms with Crippen LogP contribution in [0.2, 0.25) is 0 Å². The van der Waals surface area contributed by atoms with Gasteiger partial charge in [0.2, 0.25) is 5.78 Å². The van der Waals surface area contributed by atoms with E-state index in [0.717, 1.165) is 9.35 Å². The van der Waals surface area contributed by atoms with Gasteiger partial charge in [0.05, 0.1) is 19.2 Å². The summed E-state index contributed by atoms with van der Waals surface area (Å²) < 4.78 is 6.39. The number of Topliss-reactive ketones (excluding diaryl/α,β-unsaturated/α-hetero) is 1. The third-order valence-corrected chi connectivity index (χ3v) is 4.63. The number of hydrogen-bond donors (Lipinski definition) is 0. The zero-order chi connectivity index (χ0) is 15.6. The second-order valence-electron chi connectivity index (χ2n) is 4.43. The Kier molecular flexibility index (Phi) is 4.74. The second-order valence-corrected chi connectivity index (χ2v) is 6.89. The van der Waals surface area contributed by atoms with Crippen molar-refractivity contribution in [3.8, 4) is 5.75 Å². The van der Waals surface area contributed by atoms with E-state index in [1.165, 1.54) is 17.4 Å². The molecule has 0 N–H and O–H groups in total. The lowest BCUT2D eigenvalue weighted by Gasteiger charge is -2.11. The Hall–Kier alpha value is -1.73. The molecule has 0 amide bonds. The highest BCUT2D eigenvalue weighted by Gasteiger charge is 2.18. The molecular formula is C14H12BrNO4S. The fourth-order valence-electron chi connectivity index (χ4n) is 1.91. The lowest BCUT2D eigenvalue weighted by molar-refractivity contribution is -0.385. The molecule has 1 heterocycles. The number of nitro benzene ring substituents is 1. The van der Waals surface area contributed by atoms with Crippen molar-refractivity contribution in [3.63, 3.8) is 0 Å². The van der Waals surface area contributed by atoms with Crippen LogP contribution in [0.5, 0.6) is 5.75 Å². The fourth-order valence-corrected chi connectivity index (χ4v) is 3.22. The van der Waals surface area contributed by atoms with Crippen LogP contribution >= 0.6 is 27.3 Å². The number of ether oxygens (including phenoxy) is 1. The van der Waals surface area contributed by atoms with Crippen molar-refractivity contribution in [1.82, 2.24) is 0 Å². The van der Waals surface area contributed by atoms with Gasteiger partial charge in [0.25, 0.3) is 5.69 Å². The van der Waals surface area contributed by atoms with E-state index in [1.807, 2.05) is 0 Å². The van der Waals surface area contributed by atoms with Gasteiger partial charge >= 0.3 is 0 Å². The number of benzene rings is 1. The van der Waals surface area contributed by atoms with E-state index < -0.39 is 4.92 Å². The van der Waals surface area contributed by atoms with Gasteiger partial charge in [0, 0.05) is 6.07 Å². The van der Waals surface area contributed by atoms with Gasteiger partial charge in [0.15, 0.2) is 6.61 Å². The molecule has 1 aromatic carbocycles. The van der Waals surface area contributed by atoms with E-state index in [-0.39, 0.29) is 18.1 Å². The van der Waals surface area contributed by atoms with Crippen molar-refractivity contribution in [2.24, 2.45) is 0 Å². The average molecular weight is 370 g/mol. The van der Waals surface area contributed by atoms with Crippen molar-refractivity contribution >= 4 is 38.7 Å². The first-order valence-corrected chi connectivity index (χ1v) is 7.67. The van der Waals surface area contributed by atoms with Gasteiger partial charge in [-0.15, -0.1) is 11.3 Å². The number of rotatable bonds is 5. The molecule has 0 saturated carbocycles. The maximum atomic E-state index is 12.0. The number of thiophene rings is 1. The van der Waals surface area contributed by atoms with Gasteiger partial charge in [-0.25, -0.2) is 0 Å². The van der Waals surface area contributed by atoms with Crippen molar-refractivity contribution in [2.75, 3.05) is 6.61 Å². The van der Waals surface area contributed by atoms with Crippen LogP contribution in [0.3, 0.4) is 0 Å². The number of nitro groups is 1. The number of halogens is 1. The molecular weight excluding hydrogens is 358 g/mol. The zero-order valence-electron chi connectivity index (χ0n) is 11.4. The van der Waals surface area contributed by atoms with Gasteiger partial charge in [-0.3, -0.25) is 14.9 Å². The number of nitrogens with zero attached hydrogens (tertiary/aromatic N) is 1. The summed E-state index contributed by atoms with van der Waals surface area (Å²) >= 11 is 4.62. The Morgan fingerprint density at radius 3 is 2.62 bits per heavy atom. The molecule has 0 saturated heterocycles. The maximum absolute atomic E-state index is 12.0. The molecule has 0 fully saturated rings. The molecule has 0 atom stereocenters. The van der Waals surface area contributed by atoms with Crippen molar-refractivity contribution in [2.45, 2.75) is 13.8 Å². The number of carbonyl (C=O) groups is 1. The molecule has 0 aliphatic carbocycles. The van der Waals surface area contributed by atoms with E-state index in [4.69, 9.17) is 4.74 Å². The van der Waals surface area contributed by atoms with Crippen LogP contribution in [-0.4, -0.2) is 17.3 Å². The summed E-state index contributed by atoms with van der Waals surface area (Å²) in [5.41, 5.74) is 1.18. The van der Waals surface area contributed by atoms with E-state index in [2.05, 4.69) is 15.9 Å². The molecule has 5 nitrogen and oxygen atoms in total. The molecule has 0 unspecified atom stereocenters. The highest BCUT2D eigenvalue weighted by atomic mass is 79.9. The summed E-state index contributed by atoms with van der Waals surface area (Å²) in [5, 5.41) is 10.9. The molecule has 0 spiro atoms. The summed E-state index contributed by atoms with van der Waals surface area (Å²) in [6.45, 7) is 3.26. The smallest absolute Gasteiger partial charge is 0.276 e. The molecule has 7 heteroatoms. The summed E-state index contributed by atoms with van der Waals surface area (Å²) in [6.07, 6.45) is 0. The normalized spacial score (nSPS) is 10.4. The van der Waals surface area contributed by atoms with Crippen LogP contribution in [0.25, 0.3) is 0 Å². The highest BCUT2D eigenvalue weighted by Crippen LogP contribution is 2.31. The Balaban J connectivity index is 2.18. The van der Waals surface area contributed by atoms with Gasteiger partial charge in [-0.2, -0.15) is 0 Å². The predicted octanol–water partition coefficient (Wildman–Crippen LogP) is 4.30. The van der Waals surface area contributed by atoms with Crippen LogP contribution < -0.4 is 4.74 Å². The van der Waals surface area contributed by atoms with Crippen LogP contribution in [0.4, 0.5) is 5.69 Å². The number of hydrogen-bond acceptors (Lipinski definition) is 5. The quantitative estimate of drug-likeness (QED) is 0.447. The monoisotopic (exact) mass is 369 g/mol. The molecule has 0 radical (unpaired) electrons. The summed E-state index contributed by atoms with van der Waals surface area (Å²) in [4.78, 5) is 23.1. The standard InChI is InChI=1S/C14H12BrNO4S/c1-8-3-4-10(16(18)19)9(2)14(8)20-7-11(17)12-5-6-13(15)21-12/h3-6H,7H2,1-2H3. The van der Waals surface area contributed by atoms with Crippen LogP contribution in [0, 0.1) is 24.0 Å². The number of aryl methyl sites for hydroxylation is 1. The average Bonchev–Trinajstić information content (AvgIpc) is 2.84. The number of carbonyl (C=O) groups excluding carboxylic acids is 1. The summed E-state index contributed by atoms with van der Waals surface area (Å²) in [6, 6.07) is 6.57.